The van der Waals surface area contributed by atoms with Crippen molar-refractivity contribution in [2.24, 2.45) is 0 Å². The molecule has 0 aliphatic carbocycles. The van der Waals surface area contributed by atoms with E-state index in [1.54, 1.807) is 12.2 Å². The molecule has 0 aromatic heterocycles. The molecule has 0 amide bonds. The molecule has 1 N–H and O–H groups in total. The topological polar surface area (TPSA) is 12.0 Å². The fourth-order valence-electron chi connectivity index (χ4n) is 0.444. The van der Waals surface area contributed by atoms with Crippen molar-refractivity contribution in [2.45, 2.75) is 6.18 Å². The molecule has 0 spiro atoms. The predicted molar refractivity (Wildman–Crippen MR) is 38.8 cm³/mol. The van der Waals surface area contributed by atoms with Gasteiger partial charge < -0.3 is 5.32 Å². The Hall–Kier alpha value is -0.220. The van der Waals surface area contributed by atoms with Gasteiger partial charge in [-0.15, -0.1) is 11.6 Å². The maximum atomic E-state index is 11.5. The zero-order valence-electron chi connectivity index (χ0n) is 5.79. The number of hydrogen-bond acceptors (Lipinski definition) is 1. The Bertz CT molecular complexity index is 121. The van der Waals surface area contributed by atoms with Crippen LogP contribution in [0.25, 0.3) is 0 Å². The van der Waals surface area contributed by atoms with Gasteiger partial charge in [-0.3, -0.25) is 0 Å². The van der Waals surface area contributed by atoms with Crippen LogP contribution in [0.2, 0.25) is 0 Å². The summed E-state index contributed by atoms with van der Waals surface area (Å²) in [7, 11) is 0. The van der Waals surface area contributed by atoms with E-state index in [1.165, 1.54) is 0 Å². The molecule has 11 heavy (non-hydrogen) atoms. The Kier molecular flexibility index (Phi) is 5.32. The number of hydrogen-bond donors (Lipinski definition) is 1. The maximum Gasteiger partial charge on any atom is 0.401 e. The first-order valence-corrected chi connectivity index (χ1v) is 3.58. The Balaban J connectivity index is 3.21. The summed E-state index contributed by atoms with van der Waals surface area (Å²) in [5.74, 6) is 0.327. The smallest absolute Gasteiger partial charge is 0.305 e. The SMILES string of the molecule is FC(F)(F)CNC/C=C/CCl. The van der Waals surface area contributed by atoms with Crippen LogP contribution in [0, 0.1) is 0 Å². The van der Waals surface area contributed by atoms with Gasteiger partial charge in [0.15, 0.2) is 0 Å². The van der Waals surface area contributed by atoms with Gasteiger partial charge in [0, 0.05) is 12.4 Å². The lowest BCUT2D eigenvalue weighted by Crippen LogP contribution is -2.28. The summed E-state index contributed by atoms with van der Waals surface area (Å²) in [5.41, 5.74) is 0. The fourth-order valence-corrected chi connectivity index (χ4v) is 0.570. The van der Waals surface area contributed by atoms with Crippen LogP contribution in [0.3, 0.4) is 0 Å². The van der Waals surface area contributed by atoms with E-state index < -0.39 is 12.7 Å². The minimum Gasteiger partial charge on any atom is -0.305 e. The zero-order valence-corrected chi connectivity index (χ0v) is 6.54. The zero-order chi connectivity index (χ0) is 8.74. The highest BCUT2D eigenvalue weighted by Gasteiger charge is 2.25. The van der Waals surface area contributed by atoms with Gasteiger partial charge in [0.2, 0.25) is 0 Å². The van der Waals surface area contributed by atoms with Crippen LogP contribution in [0.1, 0.15) is 0 Å². The first-order chi connectivity index (χ1) is 5.06. The summed E-state index contributed by atoms with van der Waals surface area (Å²) in [6.45, 7) is -0.758. The molecule has 0 saturated carbocycles. The van der Waals surface area contributed by atoms with Crippen LogP contribution in [0.15, 0.2) is 12.2 Å². The van der Waals surface area contributed by atoms with Crippen LogP contribution in [0.5, 0.6) is 0 Å². The molecule has 0 heterocycles. The lowest BCUT2D eigenvalue weighted by Gasteiger charge is -2.04. The number of alkyl halides is 4. The fraction of sp³-hybridized carbons (Fsp3) is 0.667. The monoisotopic (exact) mass is 187 g/mol. The highest BCUT2D eigenvalue weighted by atomic mass is 35.5. The Morgan fingerprint density at radius 3 is 2.36 bits per heavy atom. The van der Waals surface area contributed by atoms with Crippen molar-refractivity contribution in [3.05, 3.63) is 12.2 Å². The average Bonchev–Trinajstić information content (AvgIpc) is 1.85. The predicted octanol–water partition coefficient (Wildman–Crippen LogP) is 1.93. The van der Waals surface area contributed by atoms with Crippen LogP contribution >= 0.6 is 11.6 Å². The van der Waals surface area contributed by atoms with E-state index in [4.69, 9.17) is 11.6 Å². The third kappa shape index (κ3) is 9.78. The molecular weight excluding hydrogens is 179 g/mol. The average molecular weight is 188 g/mol. The molecule has 66 valence electrons. The van der Waals surface area contributed by atoms with Crippen molar-refractivity contribution in [1.82, 2.24) is 5.32 Å². The van der Waals surface area contributed by atoms with Gasteiger partial charge in [0.1, 0.15) is 0 Å². The van der Waals surface area contributed by atoms with Crippen LogP contribution < -0.4 is 5.32 Å². The minimum atomic E-state index is -4.13. The molecule has 0 aromatic rings. The lowest BCUT2D eigenvalue weighted by molar-refractivity contribution is -0.124. The normalized spacial score (nSPS) is 12.7. The van der Waals surface area contributed by atoms with Gasteiger partial charge in [0.25, 0.3) is 0 Å². The molecule has 0 fully saturated rings. The van der Waals surface area contributed by atoms with Crippen LogP contribution in [0.4, 0.5) is 13.2 Å². The molecule has 0 radical (unpaired) electrons. The van der Waals surface area contributed by atoms with Gasteiger partial charge in [0.05, 0.1) is 6.54 Å². The third-order valence-electron chi connectivity index (χ3n) is 0.843. The summed E-state index contributed by atoms with van der Waals surface area (Å²) in [6.07, 6.45) is -0.988. The van der Waals surface area contributed by atoms with Crippen molar-refractivity contribution < 1.29 is 13.2 Å². The molecule has 0 saturated heterocycles. The standard InChI is InChI=1S/C6H9ClF3N/c7-3-1-2-4-11-5-6(8,9)10/h1-2,11H,3-5H2/b2-1+. The highest BCUT2D eigenvalue weighted by Crippen LogP contribution is 2.11. The summed E-state index contributed by atoms with van der Waals surface area (Å²) in [4.78, 5) is 0. The van der Waals surface area contributed by atoms with E-state index in [2.05, 4.69) is 5.32 Å². The Morgan fingerprint density at radius 1 is 1.27 bits per heavy atom. The molecule has 0 aliphatic rings. The molecule has 0 aromatic carbocycles. The van der Waals surface area contributed by atoms with Gasteiger partial charge in [-0.2, -0.15) is 13.2 Å². The van der Waals surface area contributed by atoms with Crippen molar-refractivity contribution in [2.75, 3.05) is 19.0 Å². The third-order valence-corrected chi connectivity index (χ3v) is 1.02. The van der Waals surface area contributed by atoms with Gasteiger partial charge in [-0.25, -0.2) is 0 Å². The van der Waals surface area contributed by atoms with Gasteiger partial charge in [-0.1, -0.05) is 12.2 Å². The van der Waals surface area contributed by atoms with Crippen molar-refractivity contribution in [1.29, 1.82) is 0 Å². The maximum absolute atomic E-state index is 11.5. The van der Waals surface area contributed by atoms with E-state index in [-0.39, 0.29) is 6.54 Å². The second-order valence-corrected chi connectivity index (χ2v) is 2.18. The van der Waals surface area contributed by atoms with Crippen molar-refractivity contribution in [3.63, 3.8) is 0 Å². The summed E-state index contributed by atoms with van der Waals surface area (Å²) in [6, 6.07) is 0. The van der Waals surface area contributed by atoms with E-state index in [0.29, 0.717) is 5.88 Å². The number of halogens is 4. The molecule has 0 rings (SSSR count). The number of nitrogens with one attached hydrogen (secondary N) is 1. The Morgan fingerprint density at radius 2 is 1.91 bits per heavy atom. The number of allylic oxidation sites excluding steroid dienone is 1. The van der Waals surface area contributed by atoms with Crippen LogP contribution in [-0.4, -0.2) is 25.1 Å². The largest absolute Gasteiger partial charge is 0.401 e. The second-order valence-electron chi connectivity index (χ2n) is 1.87. The summed E-state index contributed by atoms with van der Waals surface area (Å²) >= 11 is 5.23. The minimum absolute atomic E-state index is 0.201. The first kappa shape index (κ1) is 10.8. The quantitative estimate of drug-likeness (QED) is 0.403. The second kappa shape index (κ2) is 5.43. The van der Waals surface area contributed by atoms with Gasteiger partial charge >= 0.3 is 6.18 Å². The number of rotatable bonds is 4. The van der Waals surface area contributed by atoms with E-state index >= 15 is 0 Å². The van der Waals surface area contributed by atoms with E-state index in [0.717, 1.165) is 0 Å². The Labute approximate surface area is 68.2 Å². The van der Waals surface area contributed by atoms with E-state index in [1.807, 2.05) is 0 Å². The summed E-state index contributed by atoms with van der Waals surface area (Å²) in [5, 5.41) is 2.19. The molecule has 1 nitrogen and oxygen atoms in total. The van der Waals surface area contributed by atoms with Crippen LogP contribution in [-0.2, 0) is 0 Å². The van der Waals surface area contributed by atoms with Crippen molar-refractivity contribution >= 4 is 11.6 Å². The molecule has 0 unspecified atom stereocenters. The molecule has 0 aliphatic heterocycles. The van der Waals surface area contributed by atoms with Gasteiger partial charge in [-0.05, 0) is 0 Å². The highest BCUT2D eigenvalue weighted by molar-refractivity contribution is 6.18. The van der Waals surface area contributed by atoms with E-state index in [9.17, 15) is 13.2 Å². The molecule has 0 atom stereocenters. The summed E-state index contributed by atoms with van der Waals surface area (Å²) < 4.78 is 34.4. The molecule has 0 bridgehead atoms. The molecular formula is C6H9ClF3N. The molecule has 5 heteroatoms. The first-order valence-electron chi connectivity index (χ1n) is 3.04. The lowest BCUT2D eigenvalue weighted by atomic mass is 10.5. The van der Waals surface area contributed by atoms with Crippen molar-refractivity contribution in [3.8, 4) is 0 Å².